The highest BCUT2D eigenvalue weighted by atomic mass is 16.6. The van der Waals surface area contributed by atoms with Crippen molar-refractivity contribution in [2.45, 2.75) is 44.8 Å². The van der Waals surface area contributed by atoms with E-state index < -0.39 is 17.0 Å². The fraction of sp³-hybridized carbons (Fsp3) is 0.417. The second-order valence-electron chi connectivity index (χ2n) is 8.22. The molecule has 0 aliphatic heterocycles. The van der Waals surface area contributed by atoms with Gasteiger partial charge in [0.2, 0.25) is 0 Å². The summed E-state index contributed by atoms with van der Waals surface area (Å²) in [7, 11) is 3.62. The van der Waals surface area contributed by atoms with Crippen molar-refractivity contribution in [3.63, 3.8) is 0 Å². The lowest BCUT2D eigenvalue weighted by Crippen LogP contribution is -2.42. The van der Waals surface area contributed by atoms with E-state index in [9.17, 15) is 10.1 Å². The molecule has 0 aliphatic carbocycles. The number of hydrogen-bond acceptors (Lipinski definition) is 5. The van der Waals surface area contributed by atoms with Crippen molar-refractivity contribution < 1.29 is 14.3 Å². The molecule has 0 fully saturated rings. The van der Waals surface area contributed by atoms with Crippen molar-refractivity contribution in [1.82, 2.24) is 4.90 Å². The van der Waals surface area contributed by atoms with Gasteiger partial charge in [-0.15, -0.1) is 0 Å². The predicted molar refractivity (Wildman–Crippen MR) is 114 cm³/mol. The quantitative estimate of drug-likeness (QED) is 0.624. The summed E-state index contributed by atoms with van der Waals surface area (Å²) in [6.45, 7) is 6.71. The summed E-state index contributed by atoms with van der Waals surface area (Å²) in [6, 6.07) is 19.3. The summed E-state index contributed by atoms with van der Waals surface area (Å²) in [5.41, 5.74) is -0.214. The van der Waals surface area contributed by atoms with E-state index in [1.54, 1.807) is 7.11 Å². The summed E-state index contributed by atoms with van der Waals surface area (Å²) >= 11 is 0. The van der Waals surface area contributed by atoms with Crippen LogP contribution in [0.2, 0.25) is 0 Å². The maximum atomic E-state index is 13.1. The smallest absolute Gasteiger partial charge is 0.331 e. The van der Waals surface area contributed by atoms with Gasteiger partial charge in [-0.3, -0.25) is 0 Å². The maximum Gasteiger partial charge on any atom is 0.331 e. The lowest BCUT2D eigenvalue weighted by Gasteiger charge is -2.31. The molecule has 29 heavy (non-hydrogen) atoms. The summed E-state index contributed by atoms with van der Waals surface area (Å²) in [6.07, 6.45) is 0.342. The summed E-state index contributed by atoms with van der Waals surface area (Å²) in [5.74, 6) is 0.311. The van der Waals surface area contributed by atoms with E-state index in [4.69, 9.17) is 9.47 Å². The van der Waals surface area contributed by atoms with Crippen molar-refractivity contribution in [3.8, 4) is 11.8 Å². The Hall–Kier alpha value is -2.84. The van der Waals surface area contributed by atoms with Crippen LogP contribution in [-0.2, 0) is 21.5 Å². The van der Waals surface area contributed by atoms with Crippen molar-refractivity contribution in [1.29, 1.82) is 5.26 Å². The van der Waals surface area contributed by atoms with E-state index in [0.29, 0.717) is 25.1 Å². The minimum Gasteiger partial charge on any atom is -0.497 e. The average Bonchev–Trinajstić information content (AvgIpc) is 2.69. The fourth-order valence-corrected chi connectivity index (χ4v) is 3.10. The van der Waals surface area contributed by atoms with Crippen molar-refractivity contribution in [2.24, 2.45) is 0 Å². The maximum absolute atomic E-state index is 13.1. The number of nitriles is 1. The highest BCUT2D eigenvalue weighted by Crippen LogP contribution is 2.31. The molecule has 2 aromatic carbocycles. The lowest BCUT2D eigenvalue weighted by molar-refractivity contribution is -0.160. The van der Waals surface area contributed by atoms with Gasteiger partial charge in [0.25, 0.3) is 0 Å². The Bertz CT molecular complexity index is 835. The van der Waals surface area contributed by atoms with Gasteiger partial charge in [0.15, 0.2) is 5.41 Å². The molecule has 0 saturated carbocycles. The predicted octanol–water partition coefficient (Wildman–Crippen LogP) is 4.32. The van der Waals surface area contributed by atoms with Crippen molar-refractivity contribution in [3.05, 3.63) is 65.7 Å². The minimum atomic E-state index is -1.34. The fourth-order valence-electron chi connectivity index (χ4n) is 3.10. The third-order valence-corrected chi connectivity index (χ3v) is 4.68. The zero-order valence-electron chi connectivity index (χ0n) is 17.9. The van der Waals surface area contributed by atoms with Gasteiger partial charge in [0, 0.05) is 13.1 Å². The summed E-state index contributed by atoms with van der Waals surface area (Å²) in [4.78, 5) is 15.2. The van der Waals surface area contributed by atoms with Crippen LogP contribution in [0.3, 0.4) is 0 Å². The largest absolute Gasteiger partial charge is 0.497 e. The van der Waals surface area contributed by atoms with E-state index in [2.05, 4.69) is 11.0 Å². The molecular formula is C24H30N2O3. The number of ether oxygens (including phenoxy) is 2. The van der Waals surface area contributed by atoms with E-state index >= 15 is 0 Å². The van der Waals surface area contributed by atoms with Crippen LogP contribution in [-0.4, -0.2) is 37.2 Å². The van der Waals surface area contributed by atoms with Gasteiger partial charge in [-0.05, 0) is 57.5 Å². The zero-order chi connectivity index (χ0) is 21.5. The highest BCUT2D eigenvalue weighted by Gasteiger charge is 2.43. The van der Waals surface area contributed by atoms with Gasteiger partial charge in [-0.2, -0.15) is 5.26 Å². The SMILES string of the molecule is COc1ccc(CN(C)CCC(C#N)(C(=O)OC(C)(C)C)c2ccccc2)cc1. The van der Waals surface area contributed by atoms with Crippen LogP contribution in [0, 0.1) is 11.3 Å². The number of methoxy groups -OCH3 is 1. The van der Waals surface area contributed by atoms with Gasteiger partial charge >= 0.3 is 5.97 Å². The number of carbonyl (C=O) groups excluding carboxylic acids is 1. The van der Waals surface area contributed by atoms with Gasteiger partial charge in [0.1, 0.15) is 11.4 Å². The number of esters is 1. The Morgan fingerprint density at radius 2 is 1.69 bits per heavy atom. The molecule has 0 N–H and O–H groups in total. The molecule has 2 rings (SSSR count). The first kappa shape index (κ1) is 22.4. The Kier molecular flexibility index (Phi) is 7.41. The van der Waals surface area contributed by atoms with E-state index in [1.165, 1.54) is 0 Å². The molecule has 0 amide bonds. The van der Waals surface area contributed by atoms with Gasteiger partial charge in [-0.1, -0.05) is 42.5 Å². The van der Waals surface area contributed by atoms with Crippen LogP contribution >= 0.6 is 0 Å². The molecule has 5 nitrogen and oxygen atoms in total. The minimum absolute atomic E-state index is 0.342. The molecule has 0 saturated heterocycles. The molecule has 0 radical (unpaired) electrons. The molecule has 0 spiro atoms. The monoisotopic (exact) mass is 394 g/mol. The number of hydrogen-bond donors (Lipinski definition) is 0. The second-order valence-corrected chi connectivity index (χ2v) is 8.22. The Labute approximate surface area is 173 Å². The van der Waals surface area contributed by atoms with E-state index in [-0.39, 0.29) is 0 Å². The highest BCUT2D eigenvalue weighted by molar-refractivity contribution is 5.87. The number of rotatable bonds is 8. The molecule has 0 aromatic heterocycles. The van der Waals surface area contributed by atoms with Gasteiger partial charge < -0.3 is 14.4 Å². The van der Waals surface area contributed by atoms with Gasteiger partial charge in [0.05, 0.1) is 13.2 Å². The number of nitrogens with zero attached hydrogens (tertiary/aromatic N) is 2. The molecular weight excluding hydrogens is 364 g/mol. The molecule has 154 valence electrons. The summed E-state index contributed by atoms with van der Waals surface area (Å²) < 4.78 is 10.8. The van der Waals surface area contributed by atoms with E-state index in [1.807, 2.05) is 82.4 Å². The third-order valence-electron chi connectivity index (χ3n) is 4.68. The molecule has 0 aliphatic rings. The van der Waals surface area contributed by atoms with Gasteiger partial charge in [-0.25, -0.2) is 4.79 Å². The van der Waals surface area contributed by atoms with Crippen LogP contribution in [0.15, 0.2) is 54.6 Å². The molecule has 0 bridgehead atoms. The second kappa shape index (κ2) is 9.58. The first-order valence-electron chi connectivity index (χ1n) is 9.72. The zero-order valence-corrected chi connectivity index (χ0v) is 17.9. The number of benzene rings is 2. The average molecular weight is 395 g/mol. The molecule has 5 heteroatoms. The number of carbonyl (C=O) groups is 1. The first-order chi connectivity index (χ1) is 13.7. The molecule has 0 heterocycles. The topological polar surface area (TPSA) is 62.6 Å². The van der Waals surface area contributed by atoms with Crippen LogP contribution in [0.5, 0.6) is 5.75 Å². The summed E-state index contributed by atoms with van der Waals surface area (Å²) in [5, 5.41) is 10.1. The van der Waals surface area contributed by atoms with Crippen LogP contribution < -0.4 is 4.74 Å². The molecule has 1 unspecified atom stereocenters. The lowest BCUT2D eigenvalue weighted by atomic mass is 9.78. The molecule has 2 aromatic rings. The Morgan fingerprint density at radius 3 is 2.21 bits per heavy atom. The standard InChI is InChI=1S/C24H30N2O3/c1-23(2,3)29-22(27)24(18-25,20-9-7-6-8-10-20)15-16-26(4)17-19-11-13-21(28-5)14-12-19/h6-14H,15-17H2,1-5H3. The third kappa shape index (κ3) is 6.07. The van der Waals surface area contributed by atoms with Crippen molar-refractivity contribution in [2.75, 3.05) is 20.7 Å². The van der Waals surface area contributed by atoms with Crippen LogP contribution in [0.4, 0.5) is 0 Å². The van der Waals surface area contributed by atoms with E-state index in [0.717, 1.165) is 11.3 Å². The first-order valence-corrected chi connectivity index (χ1v) is 9.72. The molecule has 1 atom stereocenters. The van der Waals surface area contributed by atoms with Crippen LogP contribution in [0.1, 0.15) is 38.3 Å². The van der Waals surface area contributed by atoms with Crippen LogP contribution in [0.25, 0.3) is 0 Å². The Morgan fingerprint density at radius 1 is 1.07 bits per heavy atom. The normalized spacial score (nSPS) is 13.4. The van der Waals surface area contributed by atoms with Crippen molar-refractivity contribution >= 4 is 5.97 Å². The Balaban J connectivity index is 2.18.